The smallest absolute Gasteiger partial charge is 0.144 e. The van der Waals surface area contributed by atoms with Crippen LogP contribution in [0, 0.1) is 0 Å². The van der Waals surface area contributed by atoms with Crippen LogP contribution in [0.5, 0.6) is 0 Å². The highest BCUT2D eigenvalue weighted by Crippen LogP contribution is 2.10. The topological polar surface area (TPSA) is 55.0 Å². The summed E-state index contributed by atoms with van der Waals surface area (Å²) in [6.07, 6.45) is 4.17. The van der Waals surface area contributed by atoms with E-state index in [1.807, 2.05) is 6.07 Å². The van der Waals surface area contributed by atoms with E-state index >= 15 is 0 Å². The highest BCUT2D eigenvalue weighted by atomic mass is 15.2. The number of nitrogens with zero attached hydrogens (tertiary/aromatic N) is 3. The summed E-state index contributed by atoms with van der Waals surface area (Å²) in [5, 5.41) is 0. The molecule has 4 nitrogen and oxygen atoms in total. The van der Waals surface area contributed by atoms with Crippen LogP contribution < -0.4 is 10.6 Å². The van der Waals surface area contributed by atoms with E-state index in [-0.39, 0.29) is 0 Å². The first-order chi connectivity index (χ1) is 7.31. The minimum atomic E-state index is 0.402. The van der Waals surface area contributed by atoms with Gasteiger partial charge in [-0.1, -0.05) is 13.3 Å². The summed E-state index contributed by atoms with van der Waals surface area (Å²) >= 11 is 0. The summed E-state index contributed by atoms with van der Waals surface area (Å²) in [5.74, 6) is 1.70. The molecule has 0 radical (unpaired) electrons. The van der Waals surface area contributed by atoms with Gasteiger partial charge < -0.3 is 10.6 Å². The van der Waals surface area contributed by atoms with Gasteiger partial charge in [-0.2, -0.15) is 0 Å². The summed E-state index contributed by atoms with van der Waals surface area (Å²) < 4.78 is 0. The molecule has 15 heavy (non-hydrogen) atoms. The second-order valence-corrected chi connectivity index (χ2v) is 3.47. The van der Waals surface area contributed by atoms with E-state index in [9.17, 15) is 0 Å². The molecule has 0 unspecified atom stereocenters. The van der Waals surface area contributed by atoms with Crippen molar-refractivity contribution in [1.82, 2.24) is 9.97 Å². The van der Waals surface area contributed by atoms with Crippen molar-refractivity contribution in [1.29, 1.82) is 0 Å². The number of nitrogens with two attached hydrogens (primary N) is 1. The normalized spacial score (nSPS) is 10.3. The highest BCUT2D eigenvalue weighted by Gasteiger charge is 2.05. The monoisotopic (exact) mass is 208 g/mol. The summed E-state index contributed by atoms with van der Waals surface area (Å²) in [4.78, 5) is 10.8. The molecule has 0 bridgehead atoms. The molecule has 0 atom stereocenters. The fraction of sp³-hybridized carbons (Fsp3) is 0.636. The molecule has 2 N–H and O–H groups in total. The molecule has 1 aromatic rings. The Bertz CT molecular complexity index is 288. The quantitative estimate of drug-likeness (QED) is 0.771. The minimum absolute atomic E-state index is 0.402. The molecule has 1 heterocycles. The van der Waals surface area contributed by atoms with E-state index in [1.54, 1.807) is 6.20 Å². The van der Waals surface area contributed by atoms with Gasteiger partial charge in [-0.3, -0.25) is 0 Å². The molecule has 0 saturated carbocycles. The molecule has 0 spiro atoms. The zero-order valence-electron chi connectivity index (χ0n) is 9.61. The van der Waals surface area contributed by atoms with Crippen LogP contribution in [0.25, 0.3) is 0 Å². The van der Waals surface area contributed by atoms with Gasteiger partial charge in [-0.25, -0.2) is 9.97 Å². The van der Waals surface area contributed by atoms with E-state index < -0.39 is 0 Å². The Morgan fingerprint density at radius 1 is 1.40 bits per heavy atom. The number of unbranched alkanes of at least 4 members (excludes halogenated alkanes) is 1. The average Bonchev–Trinajstić information content (AvgIpc) is 2.30. The first-order valence-electron chi connectivity index (χ1n) is 5.58. The summed E-state index contributed by atoms with van der Waals surface area (Å²) in [5.41, 5.74) is 5.52. The maximum atomic E-state index is 5.52. The Morgan fingerprint density at radius 3 is 2.80 bits per heavy atom. The Hall–Kier alpha value is -1.16. The molecule has 4 heteroatoms. The van der Waals surface area contributed by atoms with Crippen molar-refractivity contribution in [2.24, 2.45) is 5.73 Å². The van der Waals surface area contributed by atoms with Crippen molar-refractivity contribution in [3.8, 4) is 0 Å². The van der Waals surface area contributed by atoms with Gasteiger partial charge in [-0.15, -0.1) is 0 Å². The fourth-order valence-electron chi connectivity index (χ4n) is 1.45. The minimum Gasteiger partial charge on any atom is -0.357 e. The van der Waals surface area contributed by atoms with Crippen LogP contribution in [0.2, 0.25) is 0 Å². The predicted molar refractivity (Wildman–Crippen MR) is 62.7 cm³/mol. The van der Waals surface area contributed by atoms with E-state index in [2.05, 4.69) is 28.7 Å². The first kappa shape index (κ1) is 11.9. The molecule has 1 aromatic heterocycles. The lowest BCUT2D eigenvalue weighted by Gasteiger charge is -2.21. The van der Waals surface area contributed by atoms with E-state index in [0.29, 0.717) is 12.4 Å². The van der Waals surface area contributed by atoms with Crippen LogP contribution >= 0.6 is 0 Å². The molecule has 0 aliphatic carbocycles. The Kier molecular flexibility index (Phi) is 5.04. The molecule has 0 aliphatic rings. The largest absolute Gasteiger partial charge is 0.357 e. The van der Waals surface area contributed by atoms with Crippen molar-refractivity contribution >= 4 is 5.82 Å². The van der Waals surface area contributed by atoms with E-state index in [0.717, 1.165) is 18.9 Å². The van der Waals surface area contributed by atoms with Gasteiger partial charge in [0.05, 0.1) is 6.54 Å². The van der Waals surface area contributed by atoms with Gasteiger partial charge in [0.1, 0.15) is 11.6 Å². The third-order valence-corrected chi connectivity index (χ3v) is 2.36. The van der Waals surface area contributed by atoms with Crippen LogP contribution in [0.15, 0.2) is 12.3 Å². The van der Waals surface area contributed by atoms with E-state index in [4.69, 9.17) is 5.73 Å². The predicted octanol–water partition coefficient (Wildman–Crippen LogP) is 1.56. The van der Waals surface area contributed by atoms with Crippen LogP contribution in [0.4, 0.5) is 5.82 Å². The highest BCUT2D eigenvalue weighted by molar-refractivity contribution is 5.36. The van der Waals surface area contributed by atoms with Crippen molar-refractivity contribution in [3.05, 3.63) is 18.1 Å². The lowest BCUT2D eigenvalue weighted by molar-refractivity contribution is 0.718. The van der Waals surface area contributed by atoms with Gasteiger partial charge in [0, 0.05) is 19.3 Å². The molecule has 0 fully saturated rings. The summed E-state index contributed by atoms with van der Waals surface area (Å²) in [6.45, 7) is 6.76. The van der Waals surface area contributed by atoms with Gasteiger partial charge >= 0.3 is 0 Å². The van der Waals surface area contributed by atoms with Gasteiger partial charge in [0.15, 0.2) is 0 Å². The number of aromatic nitrogens is 2. The molecule has 1 rings (SSSR count). The third-order valence-electron chi connectivity index (χ3n) is 2.36. The Labute approximate surface area is 91.5 Å². The molecule has 0 aromatic carbocycles. The zero-order chi connectivity index (χ0) is 11.1. The maximum absolute atomic E-state index is 5.52. The third kappa shape index (κ3) is 3.47. The second kappa shape index (κ2) is 6.35. The van der Waals surface area contributed by atoms with Crippen LogP contribution in [0.3, 0.4) is 0 Å². The molecule has 0 amide bonds. The summed E-state index contributed by atoms with van der Waals surface area (Å²) in [6, 6.07) is 1.94. The zero-order valence-corrected chi connectivity index (χ0v) is 9.61. The van der Waals surface area contributed by atoms with Gasteiger partial charge in [-0.05, 0) is 19.4 Å². The lowest BCUT2D eigenvalue weighted by atomic mass is 10.3. The first-order valence-corrected chi connectivity index (χ1v) is 5.58. The standard InChI is InChI=1S/C11H20N4/c1-3-5-8-15(4-2)11-6-7-13-10(9-12)14-11/h6-7H,3-5,8-9,12H2,1-2H3. The summed E-state index contributed by atoms with van der Waals surface area (Å²) in [7, 11) is 0. The number of anilines is 1. The van der Waals surface area contributed by atoms with Crippen LogP contribution in [-0.2, 0) is 6.54 Å². The SMILES string of the molecule is CCCCN(CC)c1ccnc(CN)n1. The second-order valence-electron chi connectivity index (χ2n) is 3.47. The van der Waals surface area contributed by atoms with Crippen molar-refractivity contribution in [3.63, 3.8) is 0 Å². The molecule has 84 valence electrons. The lowest BCUT2D eigenvalue weighted by Crippen LogP contribution is -2.25. The molecule has 0 saturated heterocycles. The average molecular weight is 208 g/mol. The molecular formula is C11H20N4. The van der Waals surface area contributed by atoms with Crippen molar-refractivity contribution in [2.45, 2.75) is 33.2 Å². The number of hydrogen-bond donors (Lipinski definition) is 1. The molecular weight excluding hydrogens is 188 g/mol. The van der Waals surface area contributed by atoms with Gasteiger partial charge in [0.25, 0.3) is 0 Å². The Morgan fingerprint density at radius 2 is 2.20 bits per heavy atom. The number of hydrogen-bond acceptors (Lipinski definition) is 4. The fourth-order valence-corrected chi connectivity index (χ4v) is 1.45. The maximum Gasteiger partial charge on any atom is 0.144 e. The van der Waals surface area contributed by atoms with E-state index in [1.165, 1.54) is 12.8 Å². The van der Waals surface area contributed by atoms with Gasteiger partial charge in [0.2, 0.25) is 0 Å². The number of rotatable bonds is 6. The van der Waals surface area contributed by atoms with Crippen LogP contribution in [0.1, 0.15) is 32.5 Å². The van der Waals surface area contributed by atoms with Crippen LogP contribution in [-0.4, -0.2) is 23.1 Å². The molecule has 0 aliphatic heterocycles. The van der Waals surface area contributed by atoms with Crippen molar-refractivity contribution in [2.75, 3.05) is 18.0 Å². The Balaban J connectivity index is 2.72. The van der Waals surface area contributed by atoms with Crippen molar-refractivity contribution < 1.29 is 0 Å².